The third kappa shape index (κ3) is 1.64. The third-order valence-electron chi connectivity index (χ3n) is 2.65. The molecule has 0 aromatic heterocycles. The molecule has 0 radical (unpaired) electrons. The molecule has 1 aliphatic carbocycles. The summed E-state index contributed by atoms with van der Waals surface area (Å²) in [6, 6.07) is 4.24. The monoisotopic (exact) mass is 207 g/mol. The van der Waals surface area contributed by atoms with E-state index >= 15 is 0 Å². The second-order valence-electron chi connectivity index (χ2n) is 3.58. The van der Waals surface area contributed by atoms with Gasteiger partial charge in [0.1, 0.15) is 17.1 Å². The molecule has 1 fully saturated rings. The zero-order chi connectivity index (χ0) is 10.9. The van der Waals surface area contributed by atoms with Crippen molar-refractivity contribution in [2.75, 3.05) is 7.11 Å². The fraction of sp³-hybridized carbons (Fsp3) is 0.364. The number of ether oxygens (including phenoxy) is 1. The number of nitrogens with zero attached hydrogens (tertiary/aromatic N) is 1. The Morgan fingerprint density at radius 2 is 2.27 bits per heavy atom. The van der Waals surface area contributed by atoms with Crippen molar-refractivity contribution in [2.24, 2.45) is 4.99 Å². The van der Waals surface area contributed by atoms with Crippen LogP contribution >= 0.6 is 0 Å². The maximum absolute atomic E-state index is 13.1. The number of hydrogen-bond donors (Lipinski definition) is 0. The van der Waals surface area contributed by atoms with E-state index in [4.69, 9.17) is 4.74 Å². The Labute approximate surface area is 86.6 Å². The van der Waals surface area contributed by atoms with E-state index in [1.807, 2.05) is 0 Å². The molecule has 1 saturated carbocycles. The molecule has 1 aromatic rings. The predicted molar refractivity (Wildman–Crippen MR) is 52.0 cm³/mol. The lowest BCUT2D eigenvalue weighted by Crippen LogP contribution is -2.05. The summed E-state index contributed by atoms with van der Waals surface area (Å²) in [5, 5.41) is 0. The van der Waals surface area contributed by atoms with E-state index in [-0.39, 0.29) is 5.82 Å². The lowest BCUT2D eigenvalue weighted by Gasteiger charge is -2.13. The highest BCUT2D eigenvalue weighted by Crippen LogP contribution is 2.52. The first-order valence-electron chi connectivity index (χ1n) is 4.65. The van der Waals surface area contributed by atoms with E-state index in [0.29, 0.717) is 11.3 Å². The highest BCUT2D eigenvalue weighted by molar-refractivity contribution is 5.47. The first-order valence-corrected chi connectivity index (χ1v) is 4.65. The molecule has 4 heteroatoms. The maximum atomic E-state index is 13.1. The Bertz CT molecular complexity index is 434. The van der Waals surface area contributed by atoms with Crippen LogP contribution in [0.25, 0.3) is 0 Å². The molecule has 0 unspecified atom stereocenters. The van der Waals surface area contributed by atoms with Crippen molar-refractivity contribution >= 4 is 6.08 Å². The van der Waals surface area contributed by atoms with Gasteiger partial charge in [0, 0.05) is 5.56 Å². The highest BCUT2D eigenvalue weighted by atomic mass is 19.1. The second kappa shape index (κ2) is 3.48. The van der Waals surface area contributed by atoms with Crippen LogP contribution in [0.1, 0.15) is 18.4 Å². The van der Waals surface area contributed by atoms with Crippen LogP contribution in [0.15, 0.2) is 23.2 Å². The summed E-state index contributed by atoms with van der Waals surface area (Å²) < 4.78 is 18.2. The van der Waals surface area contributed by atoms with E-state index in [1.165, 1.54) is 25.3 Å². The number of halogens is 1. The van der Waals surface area contributed by atoms with Crippen LogP contribution < -0.4 is 4.74 Å². The van der Waals surface area contributed by atoms with Gasteiger partial charge < -0.3 is 4.74 Å². The summed E-state index contributed by atoms with van der Waals surface area (Å²) in [5.74, 6) is 0.214. The number of rotatable bonds is 3. The molecule has 78 valence electrons. The maximum Gasteiger partial charge on any atom is 0.235 e. The molecular formula is C11H10FNO2. The largest absolute Gasteiger partial charge is 0.496 e. The highest BCUT2D eigenvalue weighted by Gasteiger charge is 2.47. The van der Waals surface area contributed by atoms with Crippen LogP contribution in [0, 0.1) is 5.82 Å². The van der Waals surface area contributed by atoms with Gasteiger partial charge in [0.05, 0.1) is 7.11 Å². The molecular weight excluding hydrogens is 197 g/mol. The SMILES string of the molecule is COc1ccc(F)cc1C1(N=C=O)CC1. The van der Waals surface area contributed by atoms with Gasteiger partial charge in [-0.15, -0.1) is 0 Å². The fourth-order valence-corrected chi connectivity index (χ4v) is 1.69. The van der Waals surface area contributed by atoms with E-state index < -0.39 is 5.54 Å². The van der Waals surface area contributed by atoms with Gasteiger partial charge in [-0.25, -0.2) is 9.18 Å². The van der Waals surface area contributed by atoms with Crippen LogP contribution in [0.5, 0.6) is 5.75 Å². The van der Waals surface area contributed by atoms with E-state index in [1.54, 1.807) is 6.07 Å². The first kappa shape index (κ1) is 9.87. The molecule has 0 N–H and O–H groups in total. The van der Waals surface area contributed by atoms with Crippen LogP contribution in [-0.4, -0.2) is 13.2 Å². The van der Waals surface area contributed by atoms with Crippen molar-refractivity contribution < 1.29 is 13.9 Å². The van der Waals surface area contributed by atoms with Crippen molar-refractivity contribution in [2.45, 2.75) is 18.4 Å². The molecule has 0 bridgehead atoms. The topological polar surface area (TPSA) is 38.7 Å². The van der Waals surface area contributed by atoms with Crippen molar-refractivity contribution in [3.8, 4) is 5.75 Å². The Balaban J connectivity index is 2.50. The normalized spacial score (nSPS) is 16.7. The average Bonchev–Trinajstić information content (AvgIpc) is 2.99. The first-order chi connectivity index (χ1) is 7.22. The number of hydrogen-bond acceptors (Lipinski definition) is 3. The lowest BCUT2D eigenvalue weighted by molar-refractivity contribution is 0.403. The number of isocyanates is 1. The molecule has 0 heterocycles. The molecule has 2 rings (SSSR count). The Morgan fingerprint density at radius 1 is 1.53 bits per heavy atom. The number of methoxy groups -OCH3 is 1. The smallest absolute Gasteiger partial charge is 0.235 e. The standard InChI is InChI=1S/C11H10FNO2/c1-15-10-3-2-8(12)6-9(10)11(4-5-11)13-7-14/h2-3,6H,4-5H2,1H3. The zero-order valence-corrected chi connectivity index (χ0v) is 8.29. The quantitative estimate of drug-likeness (QED) is 0.562. The molecule has 0 atom stereocenters. The number of aliphatic imine (C=N–C) groups is 1. The van der Waals surface area contributed by atoms with Gasteiger partial charge in [-0.3, -0.25) is 0 Å². The summed E-state index contributed by atoms with van der Waals surface area (Å²) in [6.45, 7) is 0. The lowest BCUT2D eigenvalue weighted by atomic mass is 10.0. The van der Waals surface area contributed by atoms with E-state index in [2.05, 4.69) is 4.99 Å². The Hall–Kier alpha value is -1.67. The molecule has 1 aromatic carbocycles. The molecule has 0 saturated heterocycles. The minimum absolute atomic E-state index is 0.349. The fourth-order valence-electron chi connectivity index (χ4n) is 1.69. The summed E-state index contributed by atoms with van der Waals surface area (Å²) >= 11 is 0. The Morgan fingerprint density at radius 3 is 2.80 bits per heavy atom. The predicted octanol–water partition coefficient (Wildman–Crippen LogP) is 2.16. The third-order valence-corrected chi connectivity index (χ3v) is 2.65. The van der Waals surface area contributed by atoms with Gasteiger partial charge in [0.25, 0.3) is 0 Å². The van der Waals surface area contributed by atoms with Crippen LogP contribution in [-0.2, 0) is 10.3 Å². The molecule has 0 amide bonds. The van der Waals surface area contributed by atoms with Gasteiger partial charge in [-0.2, -0.15) is 4.99 Å². The number of benzene rings is 1. The molecule has 1 aliphatic rings. The van der Waals surface area contributed by atoms with Crippen molar-refractivity contribution in [1.82, 2.24) is 0 Å². The molecule has 15 heavy (non-hydrogen) atoms. The van der Waals surface area contributed by atoms with Gasteiger partial charge in [0.15, 0.2) is 0 Å². The van der Waals surface area contributed by atoms with Gasteiger partial charge >= 0.3 is 0 Å². The Kier molecular flexibility index (Phi) is 2.29. The number of carbonyl (C=O) groups excluding carboxylic acids is 1. The van der Waals surface area contributed by atoms with Crippen LogP contribution in [0.2, 0.25) is 0 Å². The van der Waals surface area contributed by atoms with E-state index in [9.17, 15) is 9.18 Å². The second-order valence-corrected chi connectivity index (χ2v) is 3.58. The molecule has 0 aliphatic heterocycles. The van der Waals surface area contributed by atoms with Crippen molar-refractivity contribution in [1.29, 1.82) is 0 Å². The van der Waals surface area contributed by atoms with Crippen molar-refractivity contribution in [3.05, 3.63) is 29.6 Å². The molecule has 0 spiro atoms. The minimum Gasteiger partial charge on any atom is -0.496 e. The summed E-state index contributed by atoms with van der Waals surface area (Å²) in [7, 11) is 1.51. The average molecular weight is 207 g/mol. The van der Waals surface area contributed by atoms with Gasteiger partial charge in [-0.1, -0.05) is 0 Å². The van der Waals surface area contributed by atoms with E-state index in [0.717, 1.165) is 12.8 Å². The van der Waals surface area contributed by atoms with Crippen LogP contribution in [0.3, 0.4) is 0 Å². The van der Waals surface area contributed by atoms with Gasteiger partial charge in [0.2, 0.25) is 6.08 Å². The summed E-state index contributed by atoms with van der Waals surface area (Å²) in [5.41, 5.74) is 0.0446. The molecule has 3 nitrogen and oxygen atoms in total. The van der Waals surface area contributed by atoms with Gasteiger partial charge in [-0.05, 0) is 31.0 Å². The minimum atomic E-state index is -0.588. The van der Waals surface area contributed by atoms with Crippen molar-refractivity contribution in [3.63, 3.8) is 0 Å². The zero-order valence-electron chi connectivity index (χ0n) is 8.29. The summed E-state index contributed by atoms with van der Waals surface area (Å²) in [6.07, 6.45) is 3.01. The van der Waals surface area contributed by atoms with Crippen LogP contribution in [0.4, 0.5) is 4.39 Å². The summed E-state index contributed by atoms with van der Waals surface area (Å²) in [4.78, 5) is 14.0.